The highest BCUT2D eigenvalue weighted by Crippen LogP contribution is 2.33. The van der Waals surface area contributed by atoms with E-state index in [1.54, 1.807) is 0 Å². The van der Waals surface area contributed by atoms with Crippen LogP contribution in [-0.2, 0) is 5.41 Å². The monoisotopic (exact) mass is 251 g/mol. The fourth-order valence-electron chi connectivity index (χ4n) is 1.63. The molecular weight excluding hydrogens is 218 g/mol. The number of nitrogens with zero attached hydrogens (tertiary/aromatic N) is 1. The number of hydrogen-bond donors (Lipinski definition) is 0. The minimum Gasteiger partial charge on any atom is -0.377 e. The third kappa shape index (κ3) is 5.57. The molecule has 106 valence electrons. The molecule has 0 radical (unpaired) electrons. The molecule has 1 nitrogen and oxygen atoms in total. The first-order valence-electron chi connectivity index (χ1n) is 7.26. The zero-order valence-electron chi connectivity index (χ0n) is 14.0. The second-order valence-electron chi connectivity index (χ2n) is 4.65. The van der Waals surface area contributed by atoms with Crippen LogP contribution in [0.4, 0.5) is 5.69 Å². The summed E-state index contributed by atoms with van der Waals surface area (Å²) in [5.74, 6) is 0. The summed E-state index contributed by atoms with van der Waals surface area (Å²) in [4.78, 5) is 2.19. The smallest absolute Gasteiger partial charge is 0.0399 e. The van der Waals surface area contributed by atoms with Gasteiger partial charge in [-0.25, -0.2) is 0 Å². The lowest BCUT2D eigenvalue weighted by atomic mass is 9.81. The highest BCUT2D eigenvalue weighted by molar-refractivity contribution is 5.55. The van der Waals surface area contributed by atoms with E-state index in [0.717, 1.165) is 6.42 Å². The van der Waals surface area contributed by atoms with Crippen LogP contribution < -0.4 is 4.90 Å². The largest absolute Gasteiger partial charge is 0.377 e. The molecule has 0 saturated heterocycles. The number of rotatable bonds is 3. The summed E-state index contributed by atoms with van der Waals surface area (Å²) in [6.07, 6.45) is 1.16. The van der Waals surface area contributed by atoms with Crippen molar-refractivity contribution in [2.45, 2.75) is 60.3 Å². The van der Waals surface area contributed by atoms with E-state index in [1.807, 2.05) is 27.7 Å². The Morgan fingerprint density at radius 2 is 1.39 bits per heavy atom. The molecule has 0 aliphatic heterocycles. The predicted molar refractivity (Wildman–Crippen MR) is 86.8 cm³/mol. The summed E-state index contributed by atoms with van der Waals surface area (Å²) in [7, 11) is 4.20. The molecule has 0 atom stereocenters. The molecule has 0 heterocycles. The van der Waals surface area contributed by atoms with E-state index in [9.17, 15) is 0 Å². The van der Waals surface area contributed by atoms with Crippen molar-refractivity contribution in [1.82, 2.24) is 0 Å². The first kappa shape index (κ1) is 19.4. The van der Waals surface area contributed by atoms with Crippen LogP contribution in [0.2, 0.25) is 0 Å². The fourth-order valence-corrected chi connectivity index (χ4v) is 1.63. The zero-order valence-corrected chi connectivity index (χ0v) is 14.0. The van der Waals surface area contributed by atoms with E-state index < -0.39 is 0 Å². The molecule has 0 bridgehead atoms. The first-order valence-corrected chi connectivity index (χ1v) is 7.26. The van der Waals surface area contributed by atoms with E-state index in [0.29, 0.717) is 0 Å². The average Bonchev–Trinajstić information content (AvgIpc) is 2.43. The van der Waals surface area contributed by atoms with Gasteiger partial charge in [-0.05, 0) is 23.5 Å². The molecule has 1 heteroatoms. The number of anilines is 1. The maximum absolute atomic E-state index is 2.30. The van der Waals surface area contributed by atoms with Crippen molar-refractivity contribution in [3.05, 3.63) is 29.8 Å². The molecule has 0 spiro atoms. The van der Waals surface area contributed by atoms with Crippen LogP contribution in [0.15, 0.2) is 24.3 Å². The molecule has 1 rings (SSSR count). The average molecular weight is 251 g/mol. The Kier molecular flexibility index (Phi) is 10.7. The summed E-state index contributed by atoms with van der Waals surface area (Å²) in [5.41, 5.74) is 3.03. The van der Waals surface area contributed by atoms with Crippen molar-refractivity contribution in [2.24, 2.45) is 0 Å². The van der Waals surface area contributed by atoms with Crippen molar-refractivity contribution < 1.29 is 0 Å². The standard InChI is InChI=1S/C13H21N.2C2H6/c1-6-13(2,3)11-9-7-8-10-12(11)14(4)5;2*1-2/h7-10H,6H2,1-5H3;2*1-2H3. The number of benzene rings is 1. The van der Waals surface area contributed by atoms with Gasteiger partial charge >= 0.3 is 0 Å². The maximum Gasteiger partial charge on any atom is 0.0399 e. The molecule has 18 heavy (non-hydrogen) atoms. The van der Waals surface area contributed by atoms with Crippen LogP contribution in [0.1, 0.15) is 60.5 Å². The summed E-state index contributed by atoms with van der Waals surface area (Å²) in [6, 6.07) is 8.65. The minimum absolute atomic E-state index is 0.265. The molecule has 0 aliphatic carbocycles. The topological polar surface area (TPSA) is 3.24 Å². The summed E-state index contributed by atoms with van der Waals surface area (Å²) in [5, 5.41) is 0. The van der Waals surface area contributed by atoms with Gasteiger partial charge in [-0.1, -0.05) is 66.7 Å². The molecule has 0 amide bonds. The second-order valence-corrected chi connectivity index (χ2v) is 4.65. The Bertz CT molecular complexity index is 300. The zero-order chi connectivity index (χ0) is 14.8. The Morgan fingerprint density at radius 1 is 0.944 bits per heavy atom. The molecule has 0 fully saturated rings. The van der Waals surface area contributed by atoms with Gasteiger partial charge in [-0.15, -0.1) is 0 Å². The van der Waals surface area contributed by atoms with E-state index >= 15 is 0 Å². The van der Waals surface area contributed by atoms with E-state index in [1.165, 1.54) is 11.3 Å². The molecule has 0 aliphatic rings. The van der Waals surface area contributed by atoms with Gasteiger partial charge in [0.05, 0.1) is 0 Å². The van der Waals surface area contributed by atoms with Gasteiger partial charge in [0, 0.05) is 19.8 Å². The molecule has 0 unspecified atom stereocenters. The van der Waals surface area contributed by atoms with Gasteiger partial charge in [-0.2, -0.15) is 0 Å². The van der Waals surface area contributed by atoms with Crippen LogP contribution >= 0.6 is 0 Å². The minimum atomic E-state index is 0.265. The molecule has 1 aromatic rings. The van der Waals surface area contributed by atoms with Gasteiger partial charge in [-0.3, -0.25) is 0 Å². The van der Waals surface area contributed by atoms with Crippen LogP contribution in [0.25, 0.3) is 0 Å². The van der Waals surface area contributed by atoms with Crippen LogP contribution in [0, 0.1) is 0 Å². The van der Waals surface area contributed by atoms with Gasteiger partial charge in [0.25, 0.3) is 0 Å². The van der Waals surface area contributed by atoms with E-state index in [2.05, 4.69) is 64.0 Å². The molecular formula is C17H33N. The van der Waals surface area contributed by atoms with Crippen molar-refractivity contribution in [1.29, 1.82) is 0 Å². The van der Waals surface area contributed by atoms with Crippen LogP contribution in [0.5, 0.6) is 0 Å². The maximum atomic E-state index is 2.30. The van der Waals surface area contributed by atoms with Crippen molar-refractivity contribution in [2.75, 3.05) is 19.0 Å². The lowest BCUT2D eigenvalue weighted by Crippen LogP contribution is -2.21. The molecule has 0 aromatic heterocycles. The van der Waals surface area contributed by atoms with Gasteiger partial charge in [0.15, 0.2) is 0 Å². The SMILES string of the molecule is CC.CC.CCC(C)(C)c1ccccc1N(C)C. The summed E-state index contributed by atoms with van der Waals surface area (Å²) in [6.45, 7) is 14.8. The summed E-state index contributed by atoms with van der Waals surface area (Å²) < 4.78 is 0. The molecule has 0 saturated carbocycles. The lowest BCUT2D eigenvalue weighted by molar-refractivity contribution is 0.506. The van der Waals surface area contributed by atoms with Crippen molar-refractivity contribution >= 4 is 5.69 Å². The first-order chi connectivity index (χ1) is 8.49. The van der Waals surface area contributed by atoms with Crippen LogP contribution in [0.3, 0.4) is 0 Å². The second kappa shape index (κ2) is 9.99. The number of hydrogen-bond acceptors (Lipinski definition) is 1. The number of para-hydroxylation sites is 1. The lowest BCUT2D eigenvalue weighted by Gasteiger charge is -2.29. The summed E-state index contributed by atoms with van der Waals surface area (Å²) >= 11 is 0. The fraction of sp³-hybridized carbons (Fsp3) is 0.647. The highest BCUT2D eigenvalue weighted by atomic mass is 15.1. The third-order valence-corrected chi connectivity index (χ3v) is 3.00. The Labute approximate surface area is 115 Å². The Hall–Kier alpha value is -0.980. The third-order valence-electron chi connectivity index (χ3n) is 3.00. The quantitative estimate of drug-likeness (QED) is 0.686. The van der Waals surface area contributed by atoms with Gasteiger partial charge in [0.2, 0.25) is 0 Å². The molecule has 1 aromatic carbocycles. The van der Waals surface area contributed by atoms with Gasteiger partial charge < -0.3 is 4.90 Å². The van der Waals surface area contributed by atoms with E-state index in [-0.39, 0.29) is 5.41 Å². The van der Waals surface area contributed by atoms with Crippen LogP contribution in [-0.4, -0.2) is 14.1 Å². The van der Waals surface area contributed by atoms with E-state index in [4.69, 9.17) is 0 Å². The van der Waals surface area contributed by atoms with Crippen molar-refractivity contribution in [3.63, 3.8) is 0 Å². The normalized spacial score (nSPS) is 9.61. The Balaban J connectivity index is 0. The Morgan fingerprint density at radius 3 is 1.78 bits per heavy atom. The molecule has 0 N–H and O–H groups in total. The predicted octanol–water partition coefficient (Wildman–Crippen LogP) is 5.49. The van der Waals surface area contributed by atoms with Crippen molar-refractivity contribution in [3.8, 4) is 0 Å². The van der Waals surface area contributed by atoms with Gasteiger partial charge in [0.1, 0.15) is 0 Å². The highest BCUT2D eigenvalue weighted by Gasteiger charge is 2.21.